The topological polar surface area (TPSA) is 88.1 Å². The second-order valence-electron chi connectivity index (χ2n) is 6.56. The maximum absolute atomic E-state index is 12.9. The number of fused-ring (bicyclic) bond motifs is 4. The first-order valence-electron chi connectivity index (χ1n) is 8.30. The summed E-state index contributed by atoms with van der Waals surface area (Å²) in [7, 11) is 0. The Kier molecular flexibility index (Phi) is 3.90. The minimum atomic E-state index is -0.575. The standard InChI is InChI=1S/C17H20N2O5/c20-16(18-22)11-1-2-13-14-8-12(24-15(13)7-11)9-19(14)17(21)10-3-5-23-6-4-10/h1-2,7,10,12,14,22H,3-6,8-9H2,(H,18,20)/t12-,14-/m0/s1. The smallest absolute Gasteiger partial charge is 0.274 e. The molecule has 4 rings (SSSR count). The van der Waals surface area contributed by atoms with E-state index in [9.17, 15) is 9.59 Å². The first kappa shape index (κ1) is 15.4. The summed E-state index contributed by atoms with van der Waals surface area (Å²) in [6.45, 7) is 1.87. The van der Waals surface area contributed by atoms with Gasteiger partial charge in [-0.1, -0.05) is 6.07 Å². The molecule has 3 aliphatic heterocycles. The molecule has 0 spiro atoms. The fourth-order valence-electron chi connectivity index (χ4n) is 3.90. The minimum absolute atomic E-state index is 0.000308. The maximum Gasteiger partial charge on any atom is 0.274 e. The molecule has 0 saturated carbocycles. The zero-order valence-electron chi connectivity index (χ0n) is 13.2. The lowest BCUT2D eigenvalue weighted by Crippen LogP contribution is -2.38. The van der Waals surface area contributed by atoms with E-state index < -0.39 is 5.91 Å². The van der Waals surface area contributed by atoms with Crippen molar-refractivity contribution in [2.75, 3.05) is 19.8 Å². The molecule has 2 bridgehead atoms. The number of carbonyl (C=O) groups excluding carboxylic acids is 2. The van der Waals surface area contributed by atoms with Gasteiger partial charge in [0.25, 0.3) is 5.91 Å². The molecule has 1 aromatic rings. The lowest BCUT2D eigenvalue weighted by atomic mass is 9.95. The van der Waals surface area contributed by atoms with Gasteiger partial charge in [-0.05, 0) is 25.0 Å². The lowest BCUT2D eigenvalue weighted by Gasteiger charge is -2.31. The normalized spacial score (nSPS) is 25.8. The highest BCUT2D eigenvalue weighted by Crippen LogP contribution is 2.44. The monoisotopic (exact) mass is 332 g/mol. The predicted molar refractivity (Wildman–Crippen MR) is 82.7 cm³/mol. The summed E-state index contributed by atoms with van der Waals surface area (Å²) in [5, 5.41) is 8.76. The first-order valence-corrected chi connectivity index (χ1v) is 8.30. The van der Waals surface area contributed by atoms with E-state index >= 15 is 0 Å². The Balaban J connectivity index is 1.59. The van der Waals surface area contributed by atoms with Crippen LogP contribution in [0.5, 0.6) is 5.75 Å². The van der Waals surface area contributed by atoms with Gasteiger partial charge < -0.3 is 14.4 Å². The third-order valence-corrected chi connectivity index (χ3v) is 5.15. The molecule has 3 aliphatic rings. The van der Waals surface area contributed by atoms with Gasteiger partial charge in [-0.25, -0.2) is 5.48 Å². The van der Waals surface area contributed by atoms with E-state index in [1.807, 2.05) is 11.0 Å². The Morgan fingerprint density at radius 2 is 2.04 bits per heavy atom. The molecule has 0 radical (unpaired) electrons. The van der Waals surface area contributed by atoms with Crippen LogP contribution in [0.1, 0.15) is 41.2 Å². The number of nitrogens with one attached hydrogen (secondary N) is 1. The van der Waals surface area contributed by atoms with Crippen LogP contribution in [-0.2, 0) is 9.53 Å². The molecule has 1 aromatic carbocycles. The fourth-order valence-corrected chi connectivity index (χ4v) is 3.90. The Hall–Kier alpha value is -2.12. The van der Waals surface area contributed by atoms with Crippen LogP contribution in [0.4, 0.5) is 0 Å². The summed E-state index contributed by atoms with van der Waals surface area (Å²) in [6.07, 6.45) is 2.29. The van der Waals surface area contributed by atoms with Gasteiger partial charge in [-0.15, -0.1) is 0 Å². The number of hydroxylamine groups is 1. The highest BCUT2D eigenvalue weighted by atomic mass is 16.5. The second kappa shape index (κ2) is 6.07. The molecule has 2 amide bonds. The molecule has 7 heteroatoms. The van der Waals surface area contributed by atoms with Gasteiger partial charge >= 0.3 is 0 Å². The average molecular weight is 332 g/mol. The molecule has 0 unspecified atom stereocenters. The number of nitrogens with zero attached hydrogens (tertiary/aromatic N) is 1. The first-order chi connectivity index (χ1) is 11.7. The van der Waals surface area contributed by atoms with Crippen LogP contribution in [0.25, 0.3) is 0 Å². The van der Waals surface area contributed by atoms with Crippen molar-refractivity contribution in [1.29, 1.82) is 0 Å². The van der Waals surface area contributed by atoms with Crippen LogP contribution in [0.15, 0.2) is 18.2 Å². The van der Waals surface area contributed by atoms with Crippen molar-refractivity contribution < 1.29 is 24.3 Å². The third kappa shape index (κ3) is 2.53. The van der Waals surface area contributed by atoms with Crippen molar-refractivity contribution in [3.63, 3.8) is 0 Å². The van der Waals surface area contributed by atoms with Gasteiger partial charge in [0, 0.05) is 36.7 Å². The minimum Gasteiger partial charge on any atom is -0.488 e. The van der Waals surface area contributed by atoms with E-state index in [2.05, 4.69) is 0 Å². The van der Waals surface area contributed by atoms with E-state index in [4.69, 9.17) is 14.7 Å². The number of hydrogen-bond acceptors (Lipinski definition) is 5. The van der Waals surface area contributed by atoms with E-state index in [0.717, 1.165) is 24.8 Å². The molecular weight excluding hydrogens is 312 g/mol. The third-order valence-electron chi connectivity index (χ3n) is 5.15. The SMILES string of the molecule is O=C(NO)c1ccc2c(c1)O[C@H]1C[C@@H]2N(C(=O)C2CCOCC2)C1. The molecule has 2 saturated heterocycles. The lowest BCUT2D eigenvalue weighted by molar-refractivity contribution is -0.139. The Labute approximate surface area is 139 Å². The van der Waals surface area contributed by atoms with Gasteiger partial charge in [-0.3, -0.25) is 14.8 Å². The van der Waals surface area contributed by atoms with Crippen LogP contribution < -0.4 is 10.2 Å². The van der Waals surface area contributed by atoms with Crippen molar-refractivity contribution >= 4 is 11.8 Å². The van der Waals surface area contributed by atoms with Gasteiger partial charge in [0.2, 0.25) is 5.91 Å². The summed E-state index contributed by atoms with van der Waals surface area (Å²) < 4.78 is 11.3. The number of amides is 2. The van der Waals surface area contributed by atoms with E-state index in [-0.39, 0.29) is 24.0 Å². The number of hydrogen-bond donors (Lipinski definition) is 2. The van der Waals surface area contributed by atoms with Gasteiger partial charge in [0.15, 0.2) is 0 Å². The average Bonchev–Trinajstić information content (AvgIpc) is 2.98. The molecular formula is C17H20N2O5. The van der Waals surface area contributed by atoms with E-state index in [0.29, 0.717) is 31.1 Å². The molecule has 0 aromatic heterocycles. The fraction of sp³-hybridized carbons (Fsp3) is 0.529. The van der Waals surface area contributed by atoms with Crippen molar-refractivity contribution in [3.05, 3.63) is 29.3 Å². The second-order valence-corrected chi connectivity index (χ2v) is 6.56. The summed E-state index contributed by atoms with van der Waals surface area (Å²) in [5.41, 5.74) is 2.89. The highest BCUT2D eigenvalue weighted by molar-refractivity contribution is 5.94. The molecule has 128 valence electrons. The van der Waals surface area contributed by atoms with Crippen LogP contribution >= 0.6 is 0 Å². The maximum atomic E-state index is 12.9. The Morgan fingerprint density at radius 3 is 2.79 bits per heavy atom. The number of likely N-dealkylation sites (tertiary alicyclic amines) is 1. The van der Waals surface area contributed by atoms with Crippen LogP contribution in [0.2, 0.25) is 0 Å². The van der Waals surface area contributed by atoms with Crippen molar-refractivity contribution in [3.8, 4) is 5.75 Å². The van der Waals surface area contributed by atoms with Crippen LogP contribution in [-0.4, -0.2) is 47.8 Å². The summed E-state index contributed by atoms with van der Waals surface area (Å²) in [6, 6.07) is 5.09. The van der Waals surface area contributed by atoms with Gasteiger partial charge in [-0.2, -0.15) is 0 Å². The number of rotatable bonds is 2. The zero-order chi connectivity index (χ0) is 16.7. The number of carbonyl (C=O) groups is 2. The van der Waals surface area contributed by atoms with Gasteiger partial charge in [0.1, 0.15) is 11.9 Å². The number of ether oxygens (including phenoxy) is 2. The molecule has 2 atom stereocenters. The van der Waals surface area contributed by atoms with Crippen molar-refractivity contribution in [1.82, 2.24) is 10.4 Å². The summed E-state index contributed by atoms with van der Waals surface area (Å²) in [5.74, 6) is 0.259. The van der Waals surface area contributed by atoms with Gasteiger partial charge in [0.05, 0.1) is 12.6 Å². The van der Waals surface area contributed by atoms with Crippen LogP contribution in [0, 0.1) is 5.92 Å². The molecule has 7 nitrogen and oxygen atoms in total. The number of benzene rings is 1. The molecule has 2 N–H and O–H groups in total. The molecule has 3 heterocycles. The van der Waals surface area contributed by atoms with Crippen LogP contribution in [0.3, 0.4) is 0 Å². The van der Waals surface area contributed by atoms with E-state index in [1.54, 1.807) is 17.6 Å². The highest BCUT2D eigenvalue weighted by Gasteiger charge is 2.44. The summed E-state index contributed by atoms with van der Waals surface area (Å²) in [4.78, 5) is 26.4. The zero-order valence-corrected chi connectivity index (χ0v) is 13.2. The molecule has 24 heavy (non-hydrogen) atoms. The molecule has 0 aliphatic carbocycles. The predicted octanol–water partition coefficient (Wildman–Crippen LogP) is 1.27. The summed E-state index contributed by atoms with van der Waals surface area (Å²) >= 11 is 0. The Morgan fingerprint density at radius 1 is 1.25 bits per heavy atom. The Bertz CT molecular complexity index is 671. The van der Waals surface area contributed by atoms with Crippen molar-refractivity contribution in [2.45, 2.75) is 31.4 Å². The largest absolute Gasteiger partial charge is 0.488 e. The van der Waals surface area contributed by atoms with Crippen molar-refractivity contribution in [2.24, 2.45) is 5.92 Å². The van der Waals surface area contributed by atoms with E-state index in [1.165, 1.54) is 0 Å². The quantitative estimate of drug-likeness (QED) is 0.629. The molecule has 2 fully saturated rings.